The van der Waals surface area contributed by atoms with Crippen molar-refractivity contribution in [2.45, 2.75) is 63.0 Å². The zero-order valence-electron chi connectivity index (χ0n) is 19.5. The molecule has 0 bridgehead atoms. The van der Waals surface area contributed by atoms with Gasteiger partial charge in [-0.25, -0.2) is 9.80 Å². The molecule has 34 heavy (non-hydrogen) atoms. The predicted octanol–water partition coefficient (Wildman–Crippen LogP) is 3.91. The summed E-state index contributed by atoms with van der Waals surface area (Å²) in [6, 6.07) is 13.7. The number of amides is 2. The van der Waals surface area contributed by atoms with E-state index in [0.717, 1.165) is 30.7 Å². The zero-order valence-corrected chi connectivity index (χ0v) is 19.5. The number of ether oxygens (including phenoxy) is 2. The molecule has 1 saturated heterocycles. The fourth-order valence-corrected chi connectivity index (χ4v) is 5.11. The molecule has 0 radical (unpaired) electrons. The first kappa shape index (κ1) is 23.6. The van der Waals surface area contributed by atoms with Gasteiger partial charge in [0.15, 0.2) is 17.0 Å². The number of nitrogens with one attached hydrogen (secondary N) is 1. The van der Waals surface area contributed by atoms with Crippen LogP contribution in [0.5, 0.6) is 11.5 Å². The van der Waals surface area contributed by atoms with Crippen LogP contribution in [0.1, 0.15) is 67.3 Å². The van der Waals surface area contributed by atoms with E-state index in [-0.39, 0.29) is 18.9 Å². The van der Waals surface area contributed by atoms with Crippen molar-refractivity contribution in [2.24, 2.45) is 0 Å². The molecule has 1 aliphatic carbocycles. The molecule has 2 aromatic rings. The van der Waals surface area contributed by atoms with E-state index in [1.165, 1.54) is 0 Å². The number of carbonyl (C=O) groups excluding carboxylic acids is 2. The van der Waals surface area contributed by atoms with Crippen LogP contribution in [0.3, 0.4) is 0 Å². The molecule has 0 unspecified atom stereocenters. The van der Waals surface area contributed by atoms with Crippen LogP contribution in [0.2, 0.25) is 0 Å². The van der Waals surface area contributed by atoms with E-state index in [9.17, 15) is 19.5 Å². The van der Waals surface area contributed by atoms with Crippen molar-refractivity contribution in [3.8, 4) is 11.5 Å². The Hall–Kier alpha value is -3.55. The first-order valence-electron chi connectivity index (χ1n) is 11.7. The van der Waals surface area contributed by atoms with Crippen molar-refractivity contribution in [1.82, 2.24) is 10.4 Å². The van der Waals surface area contributed by atoms with E-state index in [0.29, 0.717) is 22.6 Å². The lowest BCUT2D eigenvalue weighted by Crippen LogP contribution is -2.61. The lowest BCUT2D eigenvalue weighted by molar-refractivity contribution is -0.157. The summed E-state index contributed by atoms with van der Waals surface area (Å²) in [6.45, 7) is 1.71. The maximum absolute atomic E-state index is 13.1. The van der Waals surface area contributed by atoms with Crippen LogP contribution in [0.25, 0.3) is 0 Å². The number of carbonyl (C=O) groups is 3. The lowest BCUT2D eigenvalue weighted by atomic mass is 9.78. The van der Waals surface area contributed by atoms with Gasteiger partial charge in [0, 0.05) is 17.9 Å². The number of hydrazine groups is 1. The number of rotatable bonds is 8. The van der Waals surface area contributed by atoms with Crippen molar-refractivity contribution in [2.75, 3.05) is 7.11 Å². The van der Waals surface area contributed by atoms with E-state index in [1.807, 2.05) is 0 Å². The third-order valence-corrected chi connectivity index (χ3v) is 6.95. The normalized spacial score (nSPS) is 22.6. The molecular formula is C26H30N2O6. The molecule has 0 spiro atoms. The maximum Gasteiger partial charge on any atom is 0.332 e. The molecule has 2 aliphatic rings. The smallest absolute Gasteiger partial charge is 0.332 e. The minimum Gasteiger partial charge on any atom is -0.493 e. The quantitative estimate of drug-likeness (QED) is 0.611. The second-order valence-corrected chi connectivity index (χ2v) is 8.81. The van der Waals surface area contributed by atoms with Crippen molar-refractivity contribution < 1.29 is 29.0 Å². The summed E-state index contributed by atoms with van der Waals surface area (Å²) in [6.07, 6.45) is 4.29. The second kappa shape index (κ2) is 9.75. The number of aliphatic carboxylic acids is 1. The first-order valence-corrected chi connectivity index (χ1v) is 11.7. The minimum atomic E-state index is -1.64. The summed E-state index contributed by atoms with van der Waals surface area (Å²) in [5.41, 5.74) is 1.93. The van der Waals surface area contributed by atoms with Gasteiger partial charge in [-0.1, -0.05) is 31.2 Å². The molecule has 0 aromatic heterocycles. The van der Waals surface area contributed by atoms with E-state index < -0.39 is 29.2 Å². The van der Waals surface area contributed by atoms with Gasteiger partial charge in [0.1, 0.15) is 0 Å². The molecule has 1 saturated carbocycles. The Kier molecular flexibility index (Phi) is 6.77. The highest BCUT2D eigenvalue weighted by Crippen LogP contribution is 2.46. The van der Waals surface area contributed by atoms with Gasteiger partial charge in [-0.05, 0) is 61.9 Å². The highest BCUT2D eigenvalue weighted by Gasteiger charge is 2.59. The van der Waals surface area contributed by atoms with Crippen LogP contribution < -0.4 is 14.9 Å². The van der Waals surface area contributed by atoms with E-state index in [4.69, 9.17) is 9.47 Å². The molecule has 2 N–H and O–H groups in total. The minimum absolute atomic E-state index is 0.0512. The van der Waals surface area contributed by atoms with Gasteiger partial charge < -0.3 is 14.6 Å². The molecule has 1 aliphatic heterocycles. The van der Waals surface area contributed by atoms with E-state index >= 15 is 0 Å². The van der Waals surface area contributed by atoms with Crippen molar-refractivity contribution >= 4 is 17.8 Å². The Morgan fingerprint density at radius 2 is 1.82 bits per heavy atom. The van der Waals surface area contributed by atoms with Gasteiger partial charge in [0.2, 0.25) is 5.91 Å². The van der Waals surface area contributed by atoms with Gasteiger partial charge >= 0.3 is 5.97 Å². The number of carboxylic acids is 1. The average Bonchev–Trinajstić information content (AvgIpc) is 3.46. The number of nitrogens with zero attached hydrogens (tertiary/aromatic N) is 1. The molecule has 2 amide bonds. The van der Waals surface area contributed by atoms with Crippen LogP contribution >= 0.6 is 0 Å². The van der Waals surface area contributed by atoms with Crippen molar-refractivity contribution in [3.63, 3.8) is 0 Å². The largest absolute Gasteiger partial charge is 0.493 e. The van der Waals surface area contributed by atoms with Crippen molar-refractivity contribution in [1.29, 1.82) is 0 Å². The van der Waals surface area contributed by atoms with Crippen LogP contribution in [0, 0.1) is 0 Å². The monoisotopic (exact) mass is 466 g/mol. The Morgan fingerprint density at radius 3 is 2.44 bits per heavy atom. The van der Waals surface area contributed by atoms with Crippen LogP contribution in [0.15, 0.2) is 48.5 Å². The third-order valence-electron chi connectivity index (χ3n) is 6.95. The summed E-state index contributed by atoms with van der Waals surface area (Å²) >= 11 is 0. The number of hydrogen-bond donors (Lipinski definition) is 2. The molecule has 4 rings (SSSR count). The molecule has 180 valence electrons. The predicted molar refractivity (Wildman–Crippen MR) is 125 cm³/mol. The molecule has 2 fully saturated rings. The van der Waals surface area contributed by atoms with Crippen molar-refractivity contribution in [3.05, 3.63) is 59.7 Å². The van der Waals surface area contributed by atoms with Gasteiger partial charge in [-0.2, -0.15) is 0 Å². The fraction of sp³-hybridized carbons (Fsp3) is 0.423. The van der Waals surface area contributed by atoms with Gasteiger partial charge in [0.05, 0.1) is 13.2 Å². The number of carboxylic acid groups (broad SMARTS) is 1. The standard InChI is InChI=1S/C26H30N2O6/c1-3-26(25(31)32)20(16-23(29)28(26)27-24(30)17-9-5-4-6-10-17)18-13-14-21(33-2)22(15-18)34-19-11-7-8-12-19/h4-6,9-10,13-15,19-20H,3,7-8,11-12,16H2,1-2H3,(H,27,30)(H,31,32)/t20-,26+/m0/s1. The molecule has 8 heteroatoms. The molecule has 2 atom stereocenters. The number of hydrogen-bond acceptors (Lipinski definition) is 5. The fourth-order valence-electron chi connectivity index (χ4n) is 5.11. The van der Waals surface area contributed by atoms with Gasteiger partial charge in [0.25, 0.3) is 5.91 Å². The Balaban J connectivity index is 1.69. The first-order chi connectivity index (χ1) is 16.4. The van der Waals surface area contributed by atoms with E-state index in [1.54, 1.807) is 62.6 Å². The van der Waals surface area contributed by atoms with Crippen LogP contribution in [0.4, 0.5) is 0 Å². The topological polar surface area (TPSA) is 105 Å². The third kappa shape index (κ3) is 4.20. The molecule has 2 aromatic carbocycles. The highest BCUT2D eigenvalue weighted by molar-refractivity contribution is 5.99. The summed E-state index contributed by atoms with van der Waals surface area (Å²) < 4.78 is 11.7. The summed E-state index contributed by atoms with van der Waals surface area (Å²) in [7, 11) is 1.56. The number of benzene rings is 2. The SMILES string of the molecule is CC[C@]1(C(=O)O)[C@H](c2ccc(OC)c(OC3CCCC3)c2)CC(=O)N1NC(=O)c1ccccc1. The lowest BCUT2D eigenvalue weighted by Gasteiger charge is -2.37. The summed E-state index contributed by atoms with van der Waals surface area (Å²) in [5.74, 6) is -1.74. The van der Waals surface area contributed by atoms with Crippen LogP contribution in [-0.2, 0) is 9.59 Å². The number of methoxy groups -OCH3 is 1. The zero-order chi connectivity index (χ0) is 24.3. The molecule has 8 nitrogen and oxygen atoms in total. The average molecular weight is 467 g/mol. The summed E-state index contributed by atoms with van der Waals surface area (Å²) in [5, 5.41) is 11.4. The Morgan fingerprint density at radius 1 is 1.12 bits per heavy atom. The highest BCUT2D eigenvalue weighted by atomic mass is 16.5. The van der Waals surface area contributed by atoms with Gasteiger partial charge in [-0.15, -0.1) is 0 Å². The Labute approximate surface area is 198 Å². The van der Waals surface area contributed by atoms with Crippen LogP contribution in [-0.4, -0.2) is 46.7 Å². The molecule has 1 heterocycles. The maximum atomic E-state index is 13.1. The molecular weight excluding hydrogens is 436 g/mol. The second-order valence-electron chi connectivity index (χ2n) is 8.81. The van der Waals surface area contributed by atoms with Gasteiger partial charge in [-0.3, -0.25) is 15.0 Å². The Bertz CT molecular complexity index is 1070. The summed E-state index contributed by atoms with van der Waals surface area (Å²) in [4.78, 5) is 38.6. The van der Waals surface area contributed by atoms with E-state index in [2.05, 4.69) is 5.43 Å².